The quantitative estimate of drug-likeness (QED) is 0.552. The van der Waals surface area contributed by atoms with E-state index in [0.717, 1.165) is 24.3 Å². The van der Waals surface area contributed by atoms with Crippen LogP contribution in [-0.4, -0.2) is 35.0 Å². The summed E-state index contributed by atoms with van der Waals surface area (Å²) in [5.41, 5.74) is -1.03. The van der Waals surface area contributed by atoms with Crippen LogP contribution in [0.15, 0.2) is 54.6 Å². The van der Waals surface area contributed by atoms with Gasteiger partial charge < -0.3 is 16.0 Å². The number of rotatable bonds is 2. The Morgan fingerprint density at radius 1 is 0.606 bits per heavy atom. The van der Waals surface area contributed by atoms with Crippen LogP contribution in [0.2, 0.25) is 0 Å². The van der Waals surface area contributed by atoms with Gasteiger partial charge in [0.15, 0.2) is 22.9 Å². The second-order valence-corrected chi connectivity index (χ2v) is 8.28. The summed E-state index contributed by atoms with van der Waals surface area (Å²) >= 11 is 0. The van der Waals surface area contributed by atoms with E-state index in [1.54, 1.807) is 0 Å². The number of fused-ring (bicyclic) bond motifs is 3. The predicted molar refractivity (Wildman–Crippen MR) is 113 cm³/mol. The second-order valence-electron chi connectivity index (χ2n) is 8.28. The number of carbonyl (C=O) groups is 3. The summed E-state index contributed by atoms with van der Waals surface area (Å²) in [6, 6.07) is 8.07. The molecule has 0 aliphatic carbocycles. The van der Waals surface area contributed by atoms with Crippen molar-refractivity contribution in [2.24, 2.45) is 0 Å². The minimum absolute atomic E-state index is 0.0246. The molecule has 164 valence electrons. The molecular weight excluding hydrogens is 435 g/mol. The number of halogens is 3. The lowest BCUT2D eigenvalue weighted by molar-refractivity contribution is 0.0781. The Hall–Kier alpha value is -4.14. The molecule has 2 unspecified atom stereocenters. The average Bonchev–Trinajstić information content (AvgIpc) is 3.39. The van der Waals surface area contributed by atoms with Crippen molar-refractivity contribution in [2.75, 3.05) is 16.0 Å². The van der Waals surface area contributed by atoms with E-state index in [9.17, 15) is 27.6 Å². The molecule has 3 aromatic rings. The topological polar surface area (TPSA) is 87.3 Å². The van der Waals surface area contributed by atoms with Gasteiger partial charge in [0.05, 0.1) is 0 Å². The summed E-state index contributed by atoms with van der Waals surface area (Å²) in [6.07, 6.45) is 0. The summed E-state index contributed by atoms with van der Waals surface area (Å²) in [5.74, 6) is -3.81. The Morgan fingerprint density at radius 2 is 1.03 bits per heavy atom. The molecule has 6 nitrogen and oxygen atoms in total. The number of ketones is 3. The van der Waals surface area contributed by atoms with Gasteiger partial charge in [-0.25, -0.2) is 13.2 Å². The standard InChI is InChI=1S/C24H14F3N3O3/c25-10-1-4-16-13(7-10)19(31)21(28-16)24(23(33)15-9-12(27)3-6-18(15)30-24)22-20(32)14-8-11(26)2-5-17(14)29-22/h1-9,21-22,28-30H. The first-order chi connectivity index (χ1) is 15.8. The normalized spacial score (nSPS) is 24.6. The lowest BCUT2D eigenvalue weighted by Crippen LogP contribution is -2.67. The Balaban J connectivity index is 1.53. The van der Waals surface area contributed by atoms with Gasteiger partial charge in [0.2, 0.25) is 0 Å². The van der Waals surface area contributed by atoms with Crippen molar-refractivity contribution in [1.82, 2.24) is 0 Å². The van der Waals surface area contributed by atoms with E-state index >= 15 is 0 Å². The first-order valence-corrected chi connectivity index (χ1v) is 10.1. The van der Waals surface area contributed by atoms with E-state index < -0.39 is 52.4 Å². The molecule has 6 rings (SSSR count). The van der Waals surface area contributed by atoms with Gasteiger partial charge in [0.25, 0.3) is 0 Å². The Labute approximate surface area is 184 Å². The fourth-order valence-electron chi connectivity index (χ4n) is 4.98. The molecular formula is C24H14F3N3O3. The zero-order valence-electron chi connectivity index (χ0n) is 16.7. The van der Waals surface area contributed by atoms with Gasteiger partial charge >= 0.3 is 0 Å². The highest BCUT2D eigenvalue weighted by molar-refractivity contribution is 6.26. The lowest BCUT2D eigenvalue weighted by atomic mass is 9.76. The molecule has 3 aliphatic heterocycles. The number of anilines is 3. The molecule has 0 amide bonds. The number of nitrogens with one attached hydrogen (secondary N) is 3. The van der Waals surface area contributed by atoms with Gasteiger partial charge in [-0.2, -0.15) is 0 Å². The van der Waals surface area contributed by atoms with E-state index in [-0.39, 0.29) is 22.4 Å². The molecule has 9 heteroatoms. The molecule has 3 heterocycles. The van der Waals surface area contributed by atoms with Crippen molar-refractivity contribution in [3.8, 4) is 0 Å². The fraction of sp³-hybridized carbons (Fsp3) is 0.125. The van der Waals surface area contributed by atoms with Gasteiger partial charge in [-0.1, -0.05) is 0 Å². The molecule has 2 atom stereocenters. The van der Waals surface area contributed by atoms with Gasteiger partial charge in [-0.15, -0.1) is 0 Å². The molecule has 0 radical (unpaired) electrons. The van der Waals surface area contributed by atoms with Gasteiger partial charge in [-0.3, -0.25) is 14.4 Å². The van der Waals surface area contributed by atoms with Crippen molar-refractivity contribution in [3.05, 3.63) is 88.7 Å². The minimum Gasteiger partial charge on any atom is -0.372 e. The molecule has 3 N–H and O–H groups in total. The maximum absolute atomic E-state index is 14.0. The van der Waals surface area contributed by atoms with Gasteiger partial charge in [0.1, 0.15) is 29.5 Å². The number of hydrogen-bond acceptors (Lipinski definition) is 6. The van der Waals surface area contributed by atoms with Crippen molar-refractivity contribution >= 4 is 34.4 Å². The molecule has 3 aromatic carbocycles. The van der Waals surface area contributed by atoms with Crippen LogP contribution in [-0.2, 0) is 0 Å². The van der Waals surface area contributed by atoms with Crippen LogP contribution in [0.25, 0.3) is 0 Å². The summed E-state index contributed by atoms with van der Waals surface area (Å²) in [7, 11) is 0. The van der Waals surface area contributed by atoms with Crippen LogP contribution in [0, 0.1) is 17.5 Å². The van der Waals surface area contributed by atoms with Crippen molar-refractivity contribution in [2.45, 2.75) is 17.6 Å². The smallest absolute Gasteiger partial charge is 0.195 e. The maximum atomic E-state index is 14.0. The van der Waals surface area contributed by atoms with Crippen LogP contribution in [0.1, 0.15) is 31.1 Å². The summed E-state index contributed by atoms with van der Waals surface area (Å²) < 4.78 is 41.7. The highest BCUT2D eigenvalue weighted by atomic mass is 19.1. The van der Waals surface area contributed by atoms with E-state index in [4.69, 9.17) is 0 Å². The molecule has 0 saturated heterocycles. The average molecular weight is 449 g/mol. The first kappa shape index (κ1) is 19.5. The Kier molecular flexibility index (Phi) is 3.81. The van der Waals surface area contributed by atoms with Crippen LogP contribution >= 0.6 is 0 Å². The Morgan fingerprint density at radius 3 is 1.52 bits per heavy atom. The number of carbonyl (C=O) groups excluding carboxylic acids is 3. The van der Waals surface area contributed by atoms with Crippen LogP contribution in [0.3, 0.4) is 0 Å². The van der Waals surface area contributed by atoms with Gasteiger partial charge in [-0.05, 0) is 54.6 Å². The van der Waals surface area contributed by atoms with Crippen molar-refractivity contribution in [3.63, 3.8) is 0 Å². The third-order valence-electron chi connectivity index (χ3n) is 6.47. The van der Waals surface area contributed by atoms with Crippen LogP contribution in [0.5, 0.6) is 0 Å². The number of benzene rings is 3. The summed E-state index contributed by atoms with van der Waals surface area (Å²) in [4.78, 5) is 40.6. The van der Waals surface area contributed by atoms with Crippen LogP contribution < -0.4 is 16.0 Å². The molecule has 0 saturated carbocycles. The third-order valence-corrected chi connectivity index (χ3v) is 6.47. The predicted octanol–water partition coefficient (Wildman–Crippen LogP) is 3.80. The molecule has 33 heavy (non-hydrogen) atoms. The van der Waals surface area contributed by atoms with E-state index in [2.05, 4.69) is 16.0 Å². The number of Topliss-reactive ketones (excluding diaryl/α,β-unsaturated/α-hetero) is 3. The molecule has 3 aliphatic rings. The molecule has 0 spiro atoms. The maximum Gasteiger partial charge on any atom is 0.195 e. The van der Waals surface area contributed by atoms with Crippen molar-refractivity contribution in [1.29, 1.82) is 0 Å². The molecule has 0 fully saturated rings. The lowest BCUT2D eigenvalue weighted by Gasteiger charge is -2.38. The summed E-state index contributed by atoms with van der Waals surface area (Å²) in [6.45, 7) is 0. The molecule has 0 bridgehead atoms. The van der Waals surface area contributed by atoms with Crippen LogP contribution in [0.4, 0.5) is 30.2 Å². The zero-order valence-corrected chi connectivity index (χ0v) is 16.7. The van der Waals surface area contributed by atoms with E-state index in [1.165, 1.54) is 30.3 Å². The third kappa shape index (κ3) is 2.53. The van der Waals surface area contributed by atoms with E-state index in [1.807, 2.05) is 0 Å². The highest BCUT2D eigenvalue weighted by Gasteiger charge is 2.63. The van der Waals surface area contributed by atoms with Gasteiger partial charge in [0, 0.05) is 33.8 Å². The zero-order chi connectivity index (χ0) is 23.1. The monoisotopic (exact) mass is 449 g/mol. The van der Waals surface area contributed by atoms with Crippen molar-refractivity contribution < 1.29 is 27.6 Å². The Bertz CT molecular complexity index is 1350. The minimum atomic E-state index is -1.92. The second kappa shape index (κ2) is 6.44. The first-order valence-electron chi connectivity index (χ1n) is 10.1. The number of hydrogen-bond donors (Lipinski definition) is 3. The highest BCUT2D eigenvalue weighted by Crippen LogP contribution is 2.45. The van der Waals surface area contributed by atoms with E-state index in [0.29, 0.717) is 11.4 Å². The summed E-state index contributed by atoms with van der Waals surface area (Å²) in [5, 5.41) is 8.90. The SMILES string of the molecule is O=C1c2cc(F)ccc2NC1C1(C2Nc3ccc(F)cc3C2=O)Nc2ccc(F)cc2C1=O. The molecule has 0 aromatic heterocycles. The largest absolute Gasteiger partial charge is 0.372 e. The fourth-order valence-corrected chi connectivity index (χ4v) is 4.98.